The van der Waals surface area contributed by atoms with Crippen molar-refractivity contribution in [1.82, 2.24) is 25.2 Å². The summed E-state index contributed by atoms with van der Waals surface area (Å²) in [5.74, 6) is 0.838. The van der Waals surface area contributed by atoms with E-state index in [1.54, 1.807) is 0 Å². The largest absolute Gasteiger partial charge is 0.376 e. The van der Waals surface area contributed by atoms with Crippen LogP contribution in [0.1, 0.15) is 18.7 Å². The standard InChI is InChI=1S/C14H19N5O2/c20-14(16-10-11-4-3-9-21-11)15-7-6-13-18-17-12-5-1-2-8-19(12)13/h1-2,5,8,11H,3-4,6-7,9-10H2,(H2,15,16,20)/t11-/m1/s1. The number of nitrogens with one attached hydrogen (secondary N) is 2. The quantitative estimate of drug-likeness (QED) is 0.851. The first kappa shape index (κ1) is 13.8. The van der Waals surface area contributed by atoms with Crippen molar-refractivity contribution in [3.05, 3.63) is 30.2 Å². The van der Waals surface area contributed by atoms with Crippen LogP contribution in [0.25, 0.3) is 5.65 Å². The molecule has 2 aromatic heterocycles. The van der Waals surface area contributed by atoms with E-state index in [2.05, 4.69) is 20.8 Å². The Balaban J connectivity index is 1.42. The molecular formula is C14H19N5O2. The lowest BCUT2D eigenvalue weighted by Gasteiger charge is -2.11. The van der Waals surface area contributed by atoms with Gasteiger partial charge < -0.3 is 15.4 Å². The number of urea groups is 1. The molecule has 3 heterocycles. The average Bonchev–Trinajstić information content (AvgIpc) is 3.15. The van der Waals surface area contributed by atoms with Gasteiger partial charge in [0, 0.05) is 32.3 Å². The van der Waals surface area contributed by atoms with Gasteiger partial charge in [-0.2, -0.15) is 0 Å². The molecule has 2 amide bonds. The lowest BCUT2D eigenvalue weighted by molar-refractivity contribution is 0.111. The molecule has 0 aliphatic carbocycles. The Labute approximate surface area is 122 Å². The molecule has 1 fully saturated rings. The van der Waals surface area contributed by atoms with E-state index in [-0.39, 0.29) is 12.1 Å². The van der Waals surface area contributed by atoms with E-state index in [1.807, 2.05) is 28.8 Å². The van der Waals surface area contributed by atoms with E-state index in [9.17, 15) is 4.79 Å². The summed E-state index contributed by atoms with van der Waals surface area (Å²) in [5, 5.41) is 13.8. The van der Waals surface area contributed by atoms with Gasteiger partial charge in [-0.15, -0.1) is 10.2 Å². The second-order valence-corrected chi connectivity index (χ2v) is 5.07. The van der Waals surface area contributed by atoms with Crippen LogP contribution >= 0.6 is 0 Å². The van der Waals surface area contributed by atoms with Crippen LogP contribution in [-0.2, 0) is 11.2 Å². The molecule has 0 unspecified atom stereocenters. The minimum Gasteiger partial charge on any atom is -0.376 e. The SMILES string of the molecule is O=C(NCCc1nnc2ccccn12)NC[C@H]1CCCO1. The van der Waals surface area contributed by atoms with Crippen LogP contribution in [0.3, 0.4) is 0 Å². The Hall–Kier alpha value is -2.15. The Kier molecular flexibility index (Phi) is 4.30. The van der Waals surface area contributed by atoms with Gasteiger partial charge in [0.15, 0.2) is 5.65 Å². The molecule has 0 bridgehead atoms. The Morgan fingerprint density at radius 1 is 1.38 bits per heavy atom. The third kappa shape index (κ3) is 3.49. The van der Waals surface area contributed by atoms with Crippen LogP contribution in [0, 0.1) is 0 Å². The molecule has 7 nitrogen and oxygen atoms in total. The summed E-state index contributed by atoms with van der Waals surface area (Å²) in [4.78, 5) is 11.7. The highest BCUT2D eigenvalue weighted by Crippen LogP contribution is 2.10. The molecule has 2 aromatic rings. The maximum Gasteiger partial charge on any atom is 0.314 e. The maximum atomic E-state index is 11.7. The molecule has 1 aliphatic heterocycles. The van der Waals surface area contributed by atoms with Crippen molar-refractivity contribution in [2.24, 2.45) is 0 Å². The van der Waals surface area contributed by atoms with E-state index in [4.69, 9.17) is 4.74 Å². The summed E-state index contributed by atoms with van der Waals surface area (Å²) in [7, 11) is 0. The minimum absolute atomic E-state index is 0.163. The Morgan fingerprint density at radius 3 is 3.19 bits per heavy atom. The molecule has 1 atom stereocenters. The molecular weight excluding hydrogens is 270 g/mol. The fraction of sp³-hybridized carbons (Fsp3) is 0.500. The highest BCUT2D eigenvalue weighted by Gasteiger charge is 2.15. The number of carbonyl (C=O) groups is 1. The number of fused-ring (bicyclic) bond motifs is 1. The molecule has 0 aromatic carbocycles. The van der Waals surface area contributed by atoms with Crippen molar-refractivity contribution in [2.45, 2.75) is 25.4 Å². The summed E-state index contributed by atoms with van der Waals surface area (Å²) < 4.78 is 7.37. The normalized spacial score (nSPS) is 18.0. The van der Waals surface area contributed by atoms with Crippen molar-refractivity contribution in [2.75, 3.05) is 19.7 Å². The van der Waals surface area contributed by atoms with Crippen LogP contribution in [-0.4, -0.2) is 46.4 Å². The topological polar surface area (TPSA) is 80.6 Å². The van der Waals surface area contributed by atoms with Gasteiger partial charge in [-0.1, -0.05) is 6.07 Å². The lowest BCUT2D eigenvalue weighted by atomic mass is 10.2. The first-order chi connectivity index (χ1) is 10.3. The second-order valence-electron chi connectivity index (χ2n) is 5.07. The third-order valence-corrected chi connectivity index (χ3v) is 3.53. The summed E-state index contributed by atoms with van der Waals surface area (Å²) in [6.45, 7) is 1.89. The van der Waals surface area contributed by atoms with Crippen molar-refractivity contribution < 1.29 is 9.53 Å². The van der Waals surface area contributed by atoms with Crippen LogP contribution in [0.5, 0.6) is 0 Å². The predicted octanol–water partition coefficient (Wildman–Crippen LogP) is 0.750. The number of aromatic nitrogens is 3. The molecule has 112 valence electrons. The van der Waals surface area contributed by atoms with Crippen molar-refractivity contribution in [3.63, 3.8) is 0 Å². The van der Waals surface area contributed by atoms with Gasteiger partial charge in [0.2, 0.25) is 0 Å². The minimum atomic E-state index is -0.167. The maximum absolute atomic E-state index is 11.7. The van der Waals surface area contributed by atoms with Crippen LogP contribution in [0.15, 0.2) is 24.4 Å². The fourth-order valence-electron chi connectivity index (χ4n) is 2.42. The highest BCUT2D eigenvalue weighted by atomic mass is 16.5. The Bertz CT molecular complexity index is 606. The zero-order chi connectivity index (χ0) is 14.5. The smallest absolute Gasteiger partial charge is 0.314 e. The number of rotatable bonds is 5. The van der Waals surface area contributed by atoms with Gasteiger partial charge in [-0.25, -0.2) is 4.79 Å². The summed E-state index contributed by atoms with van der Waals surface area (Å²) in [6.07, 6.45) is 4.82. The van der Waals surface area contributed by atoms with Crippen molar-refractivity contribution in [1.29, 1.82) is 0 Å². The summed E-state index contributed by atoms with van der Waals surface area (Å²) in [6, 6.07) is 5.59. The monoisotopic (exact) mass is 289 g/mol. The number of nitrogens with zero attached hydrogens (tertiary/aromatic N) is 3. The third-order valence-electron chi connectivity index (χ3n) is 3.53. The molecule has 7 heteroatoms. The van der Waals surface area contributed by atoms with Gasteiger partial charge in [0.25, 0.3) is 0 Å². The molecule has 0 spiro atoms. The summed E-state index contributed by atoms with van der Waals surface area (Å²) in [5.41, 5.74) is 0.815. The first-order valence-electron chi connectivity index (χ1n) is 7.25. The zero-order valence-corrected chi connectivity index (χ0v) is 11.8. The fourth-order valence-corrected chi connectivity index (χ4v) is 2.42. The van der Waals surface area contributed by atoms with E-state index in [0.717, 1.165) is 30.9 Å². The van der Waals surface area contributed by atoms with Gasteiger partial charge in [-0.3, -0.25) is 4.40 Å². The number of ether oxygens (including phenoxy) is 1. The number of carbonyl (C=O) groups excluding carboxylic acids is 1. The molecule has 2 N–H and O–H groups in total. The van der Waals surface area contributed by atoms with Crippen LogP contribution in [0.4, 0.5) is 4.79 Å². The molecule has 21 heavy (non-hydrogen) atoms. The van der Waals surface area contributed by atoms with E-state index < -0.39 is 0 Å². The van der Waals surface area contributed by atoms with E-state index >= 15 is 0 Å². The number of hydrogen-bond acceptors (Lipinski definition) is 4. The number of hydrogen-bond donors (Lipinski definition) is 2. The van der Waals surface area contributed by atoms with E-state index in [1.165, 1.54) is 0 Å². The number of pyridine rings is 1. The van der Waals surface area contributed by atoms with Gasteiger partial charge >= 0.3 is 6.03 Å². The van der Waals surface area contributed by atoms with Gasteiger partial charge in [-0.05, 0) is 25.0 Å². The number of amides is 2. The van der Waals surface area contributed by atoms with Crippen LogP contribution in [0.2, 0.25) is 0 Å². The first-order valence-corrected chi connectivity index (χ1v) is 7.25. The lowest BCUT2D eigenvalue weighted by Crippen LogP contribution is -2.40. The van der Waals surface area contributed by atoms with Gasteiger partial charge in [0.05, 0.1) is 6.10 Å². The molecule has 0 saturated carbocycles. The average molecular weight is 289 g/mol. The molecule has 3 rings (SSSR count). The summed E-state index contributed by atoms with van der Waals surface area (Å²) >= 11 is 0. The zero-order valence-electron chi connectivity index (χ0n) is 11.8. The highest BCUT2D eigenvalue weighted by molar-refractivity contribution is 5.73. The Morgan fingerprint density at radius 2 is 2.33 bits per heavy atom. The second kappa shape index (κ2) is 6.53. The molecule has 0 radical (unpaired) electrons. The van der Waals surface area contributed by atoms with Crippen LogP contribution < -0.4 is 10.6 Å². The molecule has 1 saturated heterocycles. The van der Waals surface area contributed by atoms with Crippen molar-refractivity contribution in [3.8, 4) is 0 Å². The molecule has 1 aliphatic rings. The van der Waals surface area contributed by atoms with Gasteiger partial charge in [0.1, 0.15) is 5.82 Å². The predicted molar refractivity (Wildman–Crippen MR) is 77.1 cm³/mol. The van der Waals surface area contributed by atoms with Crippen molar-refractivity contribution >= 4 is 11.7 Å². The van der Waals surface area contributed by atoms with E-state index in [0.29, 0.717) is 19.5 Å².